The lowest BCUT2D eigenvalue weighted by Gasteiger charge is -2.17. The van der Waals surface area contributed by atoms with E-state index in [0.29, 0.717) is 11.4 Å². The molecule has 5 heteroatoms. The van der Waals surface area contributed by atoms with Gasteiger partial charge in [0.2, 0.25) is 0 Å². The fourth-order valence-electron chi connectivity index (χ4n) is 1.20. The second-order valence-corrected chi connectivity index (χ2v) is 6.17. The Bertz CT molecular complexity index is 451. The van der Waals surface area contributed by atoms with Crippen LogP contribution in [0, 0.1) is 6.92 Å². The van der Waals surface area contributed by atoms with E-state index in [2.05, 4.69) is 6.58 Å². The summed E-state index contributed by atoms with van der Waals surface area (Å²) in [4.78, 5) is 0.314. The fourth-order valence-corrected chi connectivity index (χ4v) is 3.52. The topological polar surface area (TPSA) is 37.4 Å². The SMILES string of the molecule is C=CCN(SC)S(=O)(=O)c1ccc(C)cc1. The molecule has 0 bridgehead atoms. The van der Waals surface area contributed by atoms with Gasteiger partial charge in [-0.3, -0.25) is 0 Å². The smallest absolute Gasteiger partial charge is 0.206 e. The first kappa shape index (κ1) is 13.3. The van der Waals surface area contributed by atoms with Crippen LogP contribution in [-0.2, 0) is 10.0 Å². The molecule has 0 atom stereocenters. The van der Waals surface area contributed by atoms with Gasteiger partial charge in [-0.1, -0.05) is 35.7 Å². The van der Waals surface area contributed by atoms with Crippen molar-refractivity contribution in [3.8, 4) is 0 Å². The first-order valence-corrected chi connectivity index (χ1v) is 7.39. The summed E-state index contributed by atoms with van der Waals surface area (Å²) in [6.07, 6.45) is 3.30. The molecule has 16 heavy (non-hydrogen) atoms. The summed E-state index contributed by atoms with van der Waals surface area (Å²) in [7, 11) is -3.40. The summed E-state index contributed by atoms with van der Waals surface area (Å²) >= 11 is 1.17. The molecule has 0 saturated heterocycles. The van der Waals surface area contributed by atoms with Crippen LogP contribution in [0.2, 0.25) is 0 Å². The third kappa shape index (κ3) is 2.87. The average molecular weight is 257 g/mol. The highest BCUT2D eigenvalue weighted by Crippen LogP contribution is 2.21. The monoisotopic (exact) mass is 257 g/mol. The molecule has 0 amide bonds. The number of sulfonamides is 1. The van der Waals surface area contributed by atoms with Crippen molar-refractivity contribution in [2.75, 3.05) is 12.8 Å². The Hall–Kier alpha value is -0.780. The zero-order chi connectivity index (χ0) is 12.2. The molecule has 0 aliphatic carbocycles. The van der Waals surface area contributed by atoms with Gasteiger partial charge in [-0.25, -0.2) is 8.42 Å². The Labute approximate surface area is 101 Å². The lowest BCUT2D eigenvalue weighted by atomic mass is 10.2. The maximum atomic E-state index is 12.1. The predicted octanol–water partition coefficient (Wildman–Crippen LogP) is 2.45. The van der Waals surface area contributed by atoms with E-state index in [1.54, 1.807) is 36.6 Å². The normalized spacial score (nSPS) is 11.7. The average Bonchev–Trinajstić information content (AvgIpc) is 2.26. The summed E-state index contributed by atoms with van der Waals surface area (Å²) in [6, 6.07) is 6.83. The minimum atomic E-state index is -3.40. The van der Waals surface area contributed by atoms with Crippen LogP contribution in [0.1, 0.15) is 5.56 Å². The van der Waals surface area contributed by atoms with E-state index in [0.717, 1.165) is 5.56 Å². The summed E-state index contributed by atoms with van der Waals surface area (Å²) in [5.74, 6) is 0. The van der Waals surface area contributed by atoms with Crippen molar-refractivity contribution in [2.24, 2.45) is 0 Å². The maximum Gasteiger partial charge on any atom is 0.252 e. The van der Waals surface area contributed by atoms with Crippen LogP contribution in [0.4, 0.5) is 0 Å². The van der Waals surface area contributed by atoms with Crippen molar-refractivity contribution < 1.29 is 8.42 Å². The highest BCUT2D eigenvalue weighted by molar-refractivity contribution is 8.08. The van der Waals surface area contributed by atoms with Crippen LogP contribution in [0.25, 0.3) is 0 Å². The molecule has 0 saturated carbocycles. The minimum absolute atomic E-state index is 0.303. The summed E-state index contributed by atoms with van der Waals surface area (Å²) in [5.41, 5.74) is 1.04. The Morgan fingerprint density at radius 3 is 2.38 bits per heavy atom. The van der Waals surface area contributed by atoms with E-state index in [1.165, 1.54) is 15.7 Å². The van der Waals surface area contributed by atoms with E-state index in [4.69, 9.17) is 0 Å². The van der Waals surface area contributed by atoms with Crippen molar-refractivity contribution in [3.05, 3.63) is 42.5 Å². The largest absolute Gasteiger partial charge is 0.252 e. The third-order valence-electron chi connectivity index (χ3n) is 2.07. The molecule has 88 valence electrons. The quantitative estimate of drug-likeness (QED) is 0.600. The van der Waals surface area contributed by atoms with Crippen LogP contribution in [0.5, 0.6) is 0 Å². The first-order valence-electron chi connectivity index (χ1n) is 4.76. The number of benzene rings is 1. The van der Waals surface area contributed by atoms with Gasteiger partial charge in [0.25, 0.3) is 10.0 Å². The van der Waals surface area contributed by atoms with Gasteiger partial charge >= 0.3 is 0 Å². The summed E-state index contributed by atoms with van der Waals surface area (Å²) in [5, 5.41) is 0. The maximum absolute atomic E-state index is 12.1. The molecule has 0 spiro atoms. The Morgan fingerprint density at radius 2 is 1.94 bits per heavy atom. The molecular formula is C11H15NO2S2. The van der Waals surface area contributed by atoms with Gasteiger partial charge in [-0.15, -0.1) is 10.3 Å². The second-order valence-electron chi connectivity index (χ2n) is 3.27. The van der Waals surface area contributed by atoms with Crippen molar-refractivity contribution >= 4 is 22.0 Å². The molecule has 0 fully saturated rings. The van der Waals surface area contributed by atoms with Crippen molar-refractivity contribution in [1.29, 1.82) is 0 Å². The molecular weight excluding hydrogens is 242 g/mol. The van der Waals surface area contributed by atoms with Crippen LogP contribution < -0.4 is 0 Å². The van der Waals surface area contributed by atoms with Gasteiger partial charge in [-0.2, -0.15) is 0 Å². The minimum Gasteiger partial charge on any atom is -0.206 e. The Morgan fingerprint density at radius 1 is 1.38 bits per heavy atom. The van der Waals surface area contributed by atoms with Gasteiger partial charge in [0, 0.05) is 6.54 Å². The lowest BCUT2D eigenvalue weighted by Crippen LogP contribution is -2.24. The van der Waals surface area contributed by atoms with E-state index < -0.39 is 10.0 Å². The van der Waals surface area contributed by atoms with E-state index in [-0.39, 0.29) is 0 Å². The lowest BCUT2D eigenvalue weighted by molar-refractivity contribution is 0.556. The highest BCUT2D eigenvalue weighted by atomic mass is 32.3. The highest BCUT2D eigenvalue weighted by Gasteiger charge is 2.22. The van der Waals surface area contributed by atoms with E-state index >= 15 is 0 Å². The molecule has 0 N–H and O–H groups in total. The van der Waals surface area contributed by atoms with Crippen molar-refractivity contribution in [3.63, 3.8) is 0 Å². The molecule has 0 aliphatic heterocycles. The van der Waals surface area contributed by atoms with Gasteiger partial charge in [0.05, 0.1) is 4.90 Å². The number of hydrogen-bond acceptors (Lipinski definition) is 3. The standard InChI is InChI=1S/C11H15NO2S2/c1-4-9-12(15-3)16(13,14)11-7-5-10(2)6-8-11/h4-8H,1,9H2,2-3H3. The molecule has 0 aliphatic rings. The Kier molecular flexibility index (Phi) is 4.58. The predicted molar refractivity (Wildman–Crippen MR) is 68.8 cm³/mol. The van der Waals surface area contributed by atoms with Crippen molar-refractivity contribution in [1.82, 2.24) is 3.71 Å². The van der Waals surface area contributed by atoms with Gasteiger partial charge < -0.3 is 0 Å². The molecule has 1 aromatic rings. The van der Waals surface area contributed by atoms with Crippen molar-refractivity contribution in [2.45, 2.75) is 11.8 Å². The van der Waals surface area contributed by atoms with Crippen LogP contribution in [0.15, 0.2) is 41.8 Å². The summed E-state index contributed by atoms with van der Waals surface area (Å²) < 4.78 is 25.6. The van der Waals surface area contributed by atoms with Crippen LogP contribution >= 0.6 is 11.9 Å². The Balaban J connectivity index is 3.09. The zero-order valence-corrected chi connectivity index (χ0v) is 11.0. The number of hydrogen-bond donors (Lipinski definition) is 0. The number of aryl methyl sites for hydroxylation is 1. The number of nitrogens with zero attached hydrogens (tertiary/aromatic N) is 1. The van der Waals surface area contributed by atoms with Gasteiger partial charge in [-0.05, 0) is 25.3 Å². The molecule has 0 unspecified atom stereocenters. The molecule has 0 radical (unpaired) electrons. The molecule has 3 nitrogen and oxygen atoms in total. The van der Waals surface area contributed by atoms with E-state index in [9.17, 15) is 8.42 Å². The van der Waals surface area contributed by atoms with E-state index in [1.807, 2.05) is 6.92 Å². The molecule has 1 rings (SSSR count). The second kappa shape index (κ2) is 5.52. The van der Waals surface area contributed by atoms with Gasteiger partial charge in [0.1, 0.15) is 0 Å². The number of rotatable bonds is 5. The fraction of sp³-hybridized carbons (Fsp3) is 0.273. The zero-order valence-electron chi connectivity index (χ0n) is 9.38. The molecule has 0 aromatic heterocycles. The summed E-state index contributed by atoms with van der Waals surface area (Å²) in [6.45, 7) is 5.78. The molecule has 0 heterocycles. The third-order valence-corrected chi connectivity index (χ3v) is 5.21. The van der Waals surface area contributed by atoms with Crippen LogP contribution in [-0.4, -0.2) is 24.9 Å². The van der Waals surface area contributed by atoms with Gasteiger partial charge in [0.15, 0.2) is 0 Å². The van der Waals surface area contributed by atoms with Crippen LogP contribution in [0.3, 0.4) is 0 Å². The first-order chi connectivity index (χ1) is 7.52. The molecule has 1 aromatic carbocycles.